The molecule has 1 aliphatic carbocycles. The highest BCUT2D eigenvalue weighted by Crippen LogP contribution is 2.28. The Labute approximate surface area is 152 Å². The van der Waals surface area contributed by atoms with Crippen molar-refractivity contribution in [3.63, 3.8) is 0 Å². The van der Waals surface area contributed by atoms with Gasteiger partial charge in [-0.3, -0.25) is 14.4 Å². The molecule has 1 saturated carbocycles. The van der Waals surface area contributed by atoms with Crippen molar-refractivity contribution in [1.82, 2.24) is 10.6 Å². The van der Waals surface area contributed by atoms with Crippen LogP contribution in [0.1, 0.15) is 42.5 Å². The topological polar surface area (TPSA) is 120 Å². The van der Waals surface area contributed by atoms with Gasteiger partial charge in [0.25, 0.3) is 11.8 Å². The third-order valence-corrected chi connectivity index (χ3v) is 4.18. The predicted molar refractivity (Wildman–Crippen MR) is 95.0 cm³/mol. The molecule has 0 atom stereocenters. The Morgan fingerprint density at radius 1 is 1.15 bits per heavy atom. The van der Waals surface area contributed by atoms with Crippen LogP contribution in [-0.4, -0.2) is 44.0 Å². The maximum Gasteiger partial charge on any atom is 0.255 e. The molecular formula is C18H25N3O5. The summed E-state index contributed by atoms with van der Waals surface area (Å²) in [6, 6.07) is 4.71. The molecule has 2 rings (SSSR count). The van der Waals surface area contributed by atoms with E-state index in [0.717, 1.165) is 25.7 Å². The highest BCUT2D eigenvalue weighted by atomic mass is 16.5. The Morgan fingerprint density at radius 3 is 2.54 bits per heavy atom. The molecule has 142 valence electrons. The second-order valence-corrected chi connectivity index (χ2v) is 6.21. The van der Waals surface area contributed by atoms with Gasteiger partial charge in [0.15, 0.2) is 18.1 Å². The van der Waals surface area contributed by atoms with Crippen molar-refractivity contribution in [2.75, 3.05) is 20.3 Å². The zero-order valence-corrected chi connectivity index (χ0v) is 14.9. The lowest BCUT2D eigenvalue weighted by molar-refractivity contribution is -0.121. The fraction of sp³-hybridized carbons (Fsp3) is 0.500. The lowest BCUT2D eigenvalue weighted by Gasteiger charge is -2.22. The van der Waals surface area contributed by atoms with Crippen LogP contribution in [-0.2, 0) is 9.59 Å². The van der Waals surface area contributed by atoms with Crippen molar-refractivity contribution in [3.05, 3.63) is 23.8 Å². The largest absolute Gasteiger partial charge is 0.493 e. The normalized spacial score (nSPS) is 14.3. The van der Waals surface area contributed by atoms with Crippen LogP contribution in [0.5, 0.6) is 11.5 Å². The minimum atomic E-state index is -0.613. The van der Waals surface area contributed by atoms with E-state index >= 15 is 0 Å². The summed E-state index contributed by atoms with van der Waals surface area (Å²) in [5.74, 6) is -0.608. The van der Waals surface area contributed by atoms with E-state index in [2.05, 4.69) is 10.6 Å². The van der Waals surface area contributed by atoms with Crippen molar-refractivity contribution in [2.45, 2.75) is 38.1 Å². The lowest BCUT2D eigenvalue weighted by atomic mass is 9.95. The number of benzene rings is 1. The van der Waals surface area contributed by atoms with Gasteiger partial charge in [0.05, 0.1) is 13.7 Å². The van der Waals surface area contributed by atoms with E-state index in [1.807, 2.05) is 0 Å². The summed E-state index contributed by atoms with van der Waals surface area (Å²) in [5, 5.41) is 5.53. The van der Waals surface area contributed by atoms with E-state index in [9.17, 15) is 14.4 Å². The maximum atomic E-state index is 12.2. The first-order chi connectivity index (χ1) is 12.5. The quantitative estimate of drug-likeness (QED) is 0.629. The first kappa shape index (κ1) is 19.6. The van der Waals surface area contributed by atoms with Crippen LogP contribution >= 0.6 is 0 Å². The fourth-order valence-electron chi connectivity index (χ4n) is 2.87. The smallest absolute Gasteiger partial charge is 0.255 e. The molecule has 0 saturated heterocycles. The summed E-state index contributed by atoms with van der Waals surface area (Å²) in [7, 11) is 1.42. The highest BCUT2D eigenvalue weighted by molar-refractivity contribution is 5.97. The third-order valence-electron chi connectivity index (χ3n) is 4.18. The van der Waals surface area contributed by atoms with Crippen LogP contribution in [0, 0.1) is 0 Å². The number of amides is 3. The van der Waals surface area contributed by atoms with Crippen molar-refractivity contribution in [3.8, 4) is 11.5 Å². The SMILES string of the molecule is COc1cc(C(=O)NCC(=O)NC2CCCCC2)ccc1OCC(N)=O. The molecule has 4 N–H and O–H groups in total. The van der Waals surface area contributed by atoms with Crippen molar-refractivity contribution >= 4 is 17.7 Å². The standard InChI is InChI=1S/C18H25N3O5/c1-25-15-9-12(7-8-14(15)26-11-16(19)22)18(24)20-10-17(23)21-13-5-3-2-4-6-13/h7-9,13H,2-6,10-11H2,1H3,(H2,19,22)(H,20,24)(H,21,23). The number of nitrogens with one attached hydrogen (secondary N) is 2. The summed E-state index contributed by atoms with van der Waals surface area (Å²) in [4.78, 5) is 35.0. The van der Waals surface area contributed by atoms with Gasteiger partial charge in [0, 0.05) is 11.6 Å². The highest BCUT2D eigenvalue weighted by Gasteiger charge is 2.17. The zero-order chi connectivity index (χ0) is 18.9. The second kappa shape index (κ2) is 9.65. The predicted octanol–water partition coefficient (Wildman–Crippen LogP) is 0.738. The molecule has 0 spiro atoms. The van der Waals surface area contributed by atoms with Gasteiger partial charge in [-0.05, 0) is 31.0 Å². The van der Waals surface area contributed by atoms with Gasteiger partial charge in [0.1, 0.15) is 0 Å². The van der Waals surface area contributed by atoms with E-state index in [1.54, 1.807) is 0 Å². The van der Waals surface area contributed by atoms with Crippen LogP contribution in [0.15, 0.2) is 18.2 Å². The first-order valence-corrected chi connectivity index (χ1v) is 8.66. The van der Waals surface area contributed by atoms with Crippen LogP contribution in [0.4, 0.5) is 0 Å². The Balaban J connectivity index is 1.87. The van der Waals surface area contributed by atoms with Gasteiger partial charge in [-0.25, -0.2) is 0 Å². The molecule has 0 bridgehead atoms. The van der Waals surface area contributed by atoms with Gasteiger partial charge in [-0.2, -0.15) is 0 Å². The molecular weight excluding hydrogens is 338 g/mol. The summed E-state index contributed by atoms with van der Waals surface area (Å²) in [6.07, 6.45) is 5.44. The Morgan fingerprint density at radius 2 is 1.88 bits per heavy atom. The van der Waals surface area contributed by atoms with E-state index in [-0.39, 0.29) is 25.1 Å². The molecule has 0 heterocycles. The number of rotatable bonds is 8. The molecule has 0 radical (unpaired) electrons. The van der Waals surface area contributed by atoms with Gasteiger partial charge in [0.2, 0.25) is 5.91 Å². The van der Waals surface area contributed by atoms with Crippen molar-refractivity contribution in [2.24, 2.45) is 5.73 Å². The zero-order valence-electron chi connectivity index (χ0n) is 14.9. The summed E-state index contributed by atoms with van der Waals surface area (Å²) < 4.78 is 10.4. The Hall–Kier alpha value is -2.77. The molecule has 1 fully saturated rings. The summed E-state index contributed by atoms with van der Waals surface area (Å²) in [5.41, 5.74) is 5.36. The monoisotopic (exact) mass is 363 g/mol. The molecule has 0 aromatic heterocycles. The fourth-order valence-corrected chi connectivity index (χ4v) is 2.87. The van der Waals surface area contributed by atoms with Gasteiger partial charge in [-0.15, -0.1) is 0 Å². The maximum absolute atomic E-state index is 12.2. The van der Waals surface area contributed by atoms with Crippen LogP contribution in [0.2, 0.25) is 0 Å². The number of primary amides is 1. The Kier molecular flexibility index (Phi) is 7.25. The average molecular weight is 363 g/mol. The second-order valence-electron chi connectivity index (χ2n) is 6.21. The molecule has 0 unspecified atom stereocenters. The van der Waals surface area contributed by atoms with Crippen LogP contribution in [0.25, 0.3) is 0 Å². The molecule has 3 amide bonds. The third kappa shape index (κ3) is 5.94. The van der Waals surface area contributed by atoms with E-state index in [4.69, 9.17) is 15.2 Å². The minimum absolute atomic E-state index is 0.0857. The summed E-state index contributed by atoms with van der Waals surface area (Å²) in [6.45, 7) is -0.374. The number of ether oxygens (including phenoxy) is 2. The molecule has 8 heteroatoms. The van der Waals surface area contributed by atoms with E-state index in [0.29, 0.717) is 17.1 Å². The number of carbonyl (C=O) groups is 3. The number of hydrogen-bond donors (Lipinski definition) is 3. The van der Waals surface area contributed by atoms with Gasteiger partial charge < -0.3 is 25.8 Å². The average Bonchev–Trinajstić information content (AvgIpc) is 2.65. The van der Waals surface area contributed by atoms with Crippen molar-refractivity contribution in [1.29, 1.82) is 0 Å². The number of nitrogens with two attached hydrogens (primary N) is 1. The van der Waals surface area contributed by atoms with Gasteiger partial charge >= 0.3 is 0 Å². The number of carbonyl (C=O) groups excluding carboxylic acids is 3. The first-order valence-electron chi connectivity index (χ1n) is 8.66. The molecule has 8 nitrogen and oxygen atoms in total. The van der Waals surface area contributed by atoms with E-state index in [1.165, 1.54) is 31.7 Å². The molecule has 1 aliphatic rings. The number of hydrogen-bond acceptors (Lipinski definition) is 5. The minimum Gasteiger partial charge on any atom is -0.493 e. The molecule has 1 aromatic rings. The van der Waals surface area contributed by atoms with Crippen molar-refractivity contribution < 1.29 is 23.9 Å². The molecule has 26 heavy (non-hydrogen) atoms. The molecule has 0 aliphatic heterocycles. The lowest BCUT2D eigenvalue weighted by Crippen LogP contribution is -2.42. The van der Waals surface area contributed by atoms with Crippen LogP contribution in [0.3, 0.4) is 0 Å². The van der Waals surface area contributed by atoms with Gasteiger partial charge in [-0.1, -0.05) is 19.3 Å². The van der Waals surface area contributed by atoms with Crippen LogP contribution < -0.4 is 25.8 Å². The number of methoxy groups -OCH3 is 1. The Bertz CT molecular complexity index is 656. The van der Waals surface area contributed by atoms with E-state index < -0.39 is 11.8 Å². The summed E-state index contributed by atoms with van der Waals surface area (Å²) >= 11 is 0. The molecule has 1 aromatic carbocycles.